The van der Waals surface area contributed by atoms with Crippen LogP contribution in [0.3, 0.4) is 0 Å². The number of fused-ring (bicyclic) bond motifs is 1. The number of rotatable bonds is 3. The third-order valence-electron chi connectivity index (χ3n) is 4.97. The predicted octanol–water partition coefficient (Wildman–Crippen LogP) is 3.00. The molecule has 0 saturated heterocycles. The Morgan fingerprint density at radius 2 is 2.00 bits per heavy atom. The van der Waals surface area contributed by atoms with Gasteiger partial charge in [-0.2, -0.15) is 0 Å². The highest BCUT2D eigenvalue weighted by Crippen LogP contribution is 2.30. The van der Waals surface area contributed by atoms with Gasteiger partial charge in [0.25, 0.3) is 5.91 Å². The number of amides is 2. The lowest BCUT2D eigenvalue weighted by molar-refractivity contribution is -0.116. The molecular weight excluding hydrogens is 276 g/mol. The summed E-state index contributed by atoms with van der Waals surface area (Å²) in [6.45, 7) is 5.14. The number of benzene rings is 1. The number of hydrogen-bond acceptors (Lipinski definition) is 2. The summed E-state index contributed by atoms with van der Waals surface area (Å²) in [5, 5.41) is 0. The molecule has 22 heavy (non-hydrogen) atoms. The van der Waals surface area contributed by atoms with Crippen molar-refractivity contribution >= 4 is 17.5 Å². The van der Waals surface area contributed by atoms with E-state index in [9.17, 15) is 9.59 Å². The molecule has 1 aliphatic carbocycles. The van der Waals surface area contributed by atoms with Crippen LogP contribution >= 0.6 is 0 Å². The molecule has 0 radical (unpaired) electrons. The van der Waals surface area contributed by atoms with Crippen molar-refractivity contribution in [2.75, 3.05) is 18.0 Å². The Bertz CT molecular complexity index is 591. The fourth-order valence-corrected chi connectivity index (χ4v) is 3.81. The first-order valence-corrected chi connectivity index (χ1v) is 8.33. The molecule has 3 rings (SSSR count). The van der Waals surface area contributed by atoms with E-state index in [1.807, 2.05) is 23.1 Å². The first kappa shape index (κ1) is 15.1. The molecule has 4 heteroatoms. The molecule has 1 aliphatic heterocycles. The molecule has 0 bridgehead atoms. The van der Waals surface area contributed by atoms with E-state index in [-0.39, 0.29) is 11.8 Å². The Kier molecular flexibility index (Phi) is 4.19. The van der Waals surface area contributed by atoms with Crippen molar-refractivity contribution in [1.82, 2.24) is 4.90 Å². The lowest BCUT2D eigenvalue weighted by atomic mass is 10.1. The van der Waals surface area contributed by atoms with Crippen LogP contribution in [0.5, 0.6) is 0 Å². The van der Waals surface area contributed by atoms with Crippen LogP contribution in [-0.4, -0.2) is 35.8 Å². The zero-order valence-corrected chi connectivity index (χ0v) is 13.5. The lowest BCUT2D eigenvalue weighted by Gasteiger charge is -2.28. The van der Waals surface area contributed by atoms with Crippen LogP contribution in [0.4, 0.5) is 5.69 Å². The van der Waals surface area contributed by atoms with Gasteiger partial charge in [-0.3, -0.25) is 9.59 Å². The number of carbonyl (C=O) groups is 2. The average molecular weight is 300 g/mol. The predicted molar refractivity (Wildman–Crippen MR) is 87.1 cm³/mol. The molecule has 1 saturated carbocycles. The van der Waals surface area contributed by atoms with E-state index in [2.05, 4.69) is 6.92 Å². The monoisotopic (exact) mass is 300 g/mol. The van der Waals surface area contributed by atoms with Gasteiger partial charge < -0.3 is 9.80 Å². The Balaban J connectivity index is 1.83. The van der Waals surface area contributed by atoms with Gasteiger partial charge in [0.1, 0.15) is 0 Å². The summed E-state index contributed by atoms with van der Waals surface area (Å²) in [5.74, 6) is 0.206. The third kappa shape index (κ3) is 2.62. The van der Waals surface area contributed by atoms with Crippen LogP contribution in [0.2, 0.25) is 0 Å². The smallest absolute Gasteiger partial charge is 0.254 e. The third-order valence-corrected chi connectivity index (χ3v) is 4.97. The summed E-state index contributed by atoms with van der Waals surface area (Å²) in [4.78, 5) is 28.2. The summed E-state index contributed by atoms with van der Waals surface area (Å²) < 4.78 is 0. The molecule has 1 aromatic rings. The van der Waals surface area contributed by atoms with Gasteiger partial charge in [0.2, 0.25) is 5.91 Å². The second-order valence-corrected chi connectivity index (χ2v) is 6.29. The summed E-state index contributed by atoms with van der Waals surface area (Å²) in [5.41, 5.74) is 2.84. The number of anilines is 1. The first-order valence-electron chi connectivity index (χ1n) is 8.33. The second-order valence-electron chi connectivity index (χ2n) is 6.29. The van der Waals surface area contributed by atoms with Crippen molar-refractivity contribution in [2.24, 2.45) is 0 Å². The standard InChI is InChI=1S/C18H24N2O2/c1-3-19(16-6-4-5-7-16)18(22)15-8-9-17-14(12-15)10-11-20(17)13(2)21/h8-9,12,16H,3-7,10-11H2,1-2H3. The zero-order chi connectivity index (χ0) is 15.7. The highest BCUT2D eigenvalue weighted by atomic mass is 16.2. The van der Waals surface area contributed by atoms with Gasteiger partial charge >= 0.3 is 0 Å². The Labute approximate surface area is 132 Å². The summed E-state index contributed by atoms with van der Waals surface area (Å²) in [7, 11) is 0. The van der Waals surface area contributed by atoms with E-state index in [0.717, 1.165) is 49.2 Å². The lowest BCUT2D eigenvalue weighted by Crippen LogP contribution is -2.38. The second kappa shape index (κ2) is 6.11. The minimum absolute atomic E-state index is 0.0685. The normalized spacial score (nSPS) is 17.6. The minimum atomic E-state index is 0.0685. The van der Waals surface area contributed by atoms with E-state index in [0.29, 0.717) is 6.04 Å². The average Bonchev–Trinajstić information content (AvgIpc) is 3.16. The van der Waals surface area contributed by atoms with Crippen LogP contribution in [0.1, 0.15) is 55.5 Å². The molecule has 0 atom stereocenters. The first-order chi connectivity index (χ1) is 10.6. The fraction of sp³-hybridized carbons (Fsp3) is 0.556. The largest absolute Gasteiger partial charge is 0.336 e. The number of hydrogen-bond donors (Lipinski definition) is 0. The van der Waals surface area contributed by atoms with Gasteiger partial charge in [-0.05, 0) is 49.9 Å². The number of nitrogens with zero attached hydrogens (tertiary/aromatic N) is 2. The maximum atomic E-state index is 12.8. The minimum Gasteiger partial charge on any atom is -0.336 e. The summed E-state index contributed by atoms with van der Waals surface area (Å²) in [6, 6.07) is 6.19. The molecule has 0 unspecified atom stereocenters. The van der Waals surface area contributed by atoms with E-state index >= 15 is 0 Å². The van der Waals surface area contributed by atoms with E-state index in [1.165, 1.54) is 12.8 Å². The molecule has 1 heterocycles. The highest BCUT2D eigenvalue weighted by molar-refractivity contribution is 5.98. The topological polar surface area (TPSA) is 40.6 Å². The SMILES string of the molecule is CCN(C(=O)c1ccc2c(c1)CCN2C(C)=O)C1CCCC1. The van der Waals surface area contributed by atoms with Gasteiger partial charge in [-0.15, -0.1) is 0 Å². The molecule has 118 valence electrons. The molecular formula is C18H24N2O2. The van der Waals surface area contributed by atoms with E-state index in [1.54, 1.807) is 11.8 Å². The van der Waals surface area contributed by atoms with Crippen molar-refractivity contribution in [3.63, 3.8) is 0 Å². The maximum absolute atomic E-state index is 12.8. The van der Waals surface area contributed by atoms with Gasteiger partial charge in [0.05, 0.1) is 0 Å². The van der Waals surface area contributed by atoms with Crippen LogP contribution in [0.25, 0.3) is 0 Å². The van der Waals surface area contributed by atoms with Crippen molar-refractivity contribution in [3.8, 4) is 0 Å². The van der Waals surface area contributed by atoms with Crippen LogP contribution in [0.15, 0.2) is 18.2 Å². The fourth-order valence-electron chi connectivity index (χ4n) is 3.81. The molecule has 2 aliphatic rings. The molecule has 0 N–H and O–H groups in total. The molecule has 0 spiro atoms. The number of carbonyl (C=O) groups excluding carboxylic acids is 2. The Morgan fingerprint density at radius 3 is 2.64 bits per heavy atom. The Morgan fingerprint density at radius 1 is 1.27 bits per heavy atom. The van der Waals surface area contributed by atoms with Gasteiger partial charge in [-0.25, -0.2) is 0 Å². The van der Waals surface area contributed by atoms with Crippen molar-refractivity contribution < 1.29 is 9.59 Å². The molecule has 1 fully saturated rings. The highest BCUT2D eigenvalue weighted by Gasteiger charge is 2.28. The molecule has 2 amide bonds. The van der Waals surface area contributed by atoms with Crippen molar-refractivity contribution in [2.45, 2.75) is 52.0 Å². The molecule has 4 nitrogen and oxygen atoms in total. The summed E-state index contributed by atoms with van der Waals surface area (Å²) >= 11 is 0. The zero-order valence-electron chi connectivity index (χ0n) is 13.5. The maximum Gasteiger partial charge on any atom is 0.254 e. The van der Waals surface area contributed by atoms with E-state index < -0.39 is 0 Å². The van der Waals surface area contributed by atoms with Crippen molar-refractivity contribution in [3.05, 3.63) is 29.3 Å². The Hall–Kier alpha value is -1.84. The molecule has 0 aromatic heterocycles. The van der Waals surface area contributed by atoms with Crippen molar-refractivity contribution in [1.29, 1.82) is 0 Å². The van der Waals surface area contributed by atoms with Gasteiger partial charge in [-0.1, -0.05) is 12.8 Å². The van der Waals surface area contributed by atoms with Crippen LogP contribution in [-0.2, 0) is 11.2 Å². The van der Waals surface area contributed by atoms with Gasteiger partial charge in [0.15, 0.2) is 0 Å². The molecule has 1 aromatic carbocycles. The summed E-state index contributed by atoms with van der Waals surface area (Å²) in [6.07, 6.45) is 5.55. The van der Waals surface area contributed by atoms with Gasteiger partial charge in [0, 0.05) is 37.3 Å². The van der Waals surface area contributed by atoms with Crippen LogP contribution in [0, 0.1) is 0 Å². The quantitative estimate of drug-likeness (QED) is 0.861. The van der Waals surface area contributed by atoms with Crippen LogP contribution < -0.4 is 4.90 Å². The van der Waals surface area contributed by atoms with E-state index in [4.69, 9.17) is 0 Å².